The van der Waals surface area contributed by atoms with Crippen LogP contribution in [0.4, 0.5) is 0 Å². The van der Waals surface area contributed by atoms with Gasteiger partial charge in [0.1, 0.15) is 12.6 Å². The van der Waals surface area contributed by atoms with Crippen molar-refractivity contribution in [2.45, 2.75) is 25.9 Å². The summed E-state index contributed by atoms with van der Waals surface area (Å²) in [4.78, 5) is 25.0. The molecular weight excluding hydrogens is 324 g/mol. The molecule has 2 N–H and O–H groups in total. The monoisotopic (exact) mass is 348 g/mol. The van der Waals surface area contributed by atoms with Crippen molar-refractivity contribution in [2.75, 3.05) is 26.8 Å². The molecule has 0 saturated carbocycles. The molecular formula is C18H24N2O5. The maximum absolute atomic E-state index is 12.1. The van der Waals surface area contributed by atoms with Crippen LogP contribution < -0.4 is 14.8 Å². The van der Waals surface area contributed by atoms with Gasteiger partial charge in [-0.25, -0.2) is 0 Å². The number of hydrogen-bond donors (Lipinski definition) is 2. The lowest BCUT2D eigenvalue weighted by molar-refractivity contribution is -0.143. The predicted octanol–water partition coefficient (Wildman–Crippen LogP) is 1.43. The number of nitrogens with one attached hydrogen (secondary N) is 1. The molecule has 7 nitrogen and oxygen atoms in total. The Morgan fingerprint density at radius 2 is 2.24 bits per heavy atom. The number of carbonyl (C=O) groups is 2. The Bertz CT molecular complexity index is 659. The van der Waals surface area contributed by atoms with Crippen LogP contribution in [0.15, 0.2) is 30.4 Å². The van der Waals surface area contributed by atoms with Crippen LogP contribution in [-0.4, -0.2) is 54.7 Å². The van der Waals surface area contributed by atoms with Gasteiger partial charge in [-0.2, -0.15) is 0 Å². The minimum atomic E-state index is -1.00. The van der Waals surface area contributed by atoms with Gasteiger partial charge in [0.2, 0.25) is 5.91 Å². The molecule has 1 heterocycles. The zero-order chi connectivity index (χ0) is 18.4. The number of ether oxygens (including phenoxy) is 2. The van der Waals surface area contributed by atoms with Gasteiger partial charge in [0, 0.05) is 25.2 Å². The lowest BCUT2D eigenvalue weighted by Gasteiger charge is -2.34. The molecule has 1 aromatic carbocycles. The van der Waals surface area contributed by atoms with Crippen molar-refractivity contribution < 1.29 is 24.2 Å². The van der Waals surface area contributed by atoms with Crippen LogP contribution in [0.2, 0.25) is 0 Å². The fraction of sp³-hybridized carbons (Fsp3) is 0.444. The summed E-state index contributed by atoms with van der Waals surface area (Å²) in [5.41, 5.74) is 1.71. The summed E-state index contributed by atoms with van der Waals surface area (Å²) in [6.07, 6.45) is -0.238. The van der Waals surface area contributed by atoms with Crippen LogP contribution in [0.3, 0.4) is 0 Å². The topological polar surface area (TPSA) is 88.1 Å². The van der Waals surface area contributed by atoms with Gasteiger partial charge in [0.15, 0.2) is 11.5 Å². The maximum Gasteiger partial charge on any atom is 0.305 e. The van der Waals surface area contributed by atoms with E-state index in [9.17, 15) is 9.59 Å². The van der Waals surface area contributed by atoms with Gasteiger partial charge in [-0.05, 0) is 18.6 Å². The van der Waals surface area contributed by atoms with Gasteiger partial charge in [0.25, 0.3) is 0 Å². The Labute approximate surface area is 147 Å². The molecule has 0 radical (unpaired) electrons. The molecule has 1 atom stereocenters. The molecule has 1 fully saturated rings. The molecule has 0 aliphatic carbocycles. The number of aliphatic carboxylic acids is 1. The van der Waals surface area contributed by atoms with E-state index in [1.807, 2.05) is 24.0 Å². The van der Waals surface area contributed by atoms with Gasteiger partial charge < -0.3 is 19.9 Å². The second-order valence-corrected chi connectivity index (χ2v) is 6.07. The zero-order valence-electron chi connectivity index (χ0n) is 14.6. The van der Waals surface area contributed by atoms with E-state index in [0.717, 1.165) is 11.1 Å². The molecule has 1 saturated heterocycles. The smallest absolute Gasteiger partial charge is 0.305 e. The van der Waals surface area contributed by atoms with Crippen molar-refractivity contribution in [3.63, 3.8) is 0 Å². The van der Waals surface area contributed by atoms with E-state index >= 15 is 0 Å². The standard InChI is InChI=1S/C18H24N2O5/c1-12(2)11-25-17-13(5-4-6-15(17)24-3)10-20-8-7-19-18(23)14(20)9-16(21)22/h4-6,14H,1,7-11H2,2-3H3,(H,19,23)(H,21,22). The molecule has 2 rings (SSSR count). The molecule has 1 amide bonds. The van der Waals surface area contributed by atoms with Crippen LogP contribution in [0.1, 0.15) is 18.9 Å². The number of amides is 1. The Morgan fingerprint density at radius 1 is 1.48 bits per heavy atom. The van der Waals surface area contributed by atoms with Crippen molar-refractivity contribution in [2.24, 2.45) is 0 Å². The Hall–Kier alpha value is -2.54. The summed E-state index contributed by atoms with van der Waals surface area (Å²) in [6, 6.07) is 4.83. The zero-order valence-corrected chi connectivity index (χ0v) is 14.6. The average molecular weight is 348 g/mol. The second-order valence-electron chi connectivity index (χ2n) is 6.07. The largest absolute Gasteiger partial charge is 0.493 e. The van der Waals surface area contributed by atoms with Crippen LogP contribution >= 0.6 is 0 Å². The third-order valence-corrected chi connectivity index (χ3v) is 3.93. The first-order valence-corrected chi connectivity index (χ1v) is 8.09. The highest BCUT2D eigenvalue weighted by Crippen LogP contribution is 2.33. The van der Waals surface area contributed by atoms with Gasteiger partial charge in [-0.15, -0.1) is 0 Å². The molecule has 25 heavy (non-hydrogen) atoms. The number of nitrogens with zero attached hydrogens (tertiary/aromatic N) is 1. The predicted molar refractivity (Wildman–Crippen MR) is 92.8 cm³/mol. The number of hydrogen-bond acceptors (Lipinski definition) is 5. The molecule has 0 spiro atoms. The molecule has 1 aliphatic heterocycles. The number of para-hydroxylation sites is 1. The van der Waals surface area contributed by atoms with E-state index in [0.29, 0.717) is 37.7 Å². The van der Waals surface area contributed by atoms with Crippen molar-refractivity contribution in [1.29, 1.82) is 0 Å². The molecule has 7 heteroatoms. The molecule has 136 valence electrons. The minimum absolute atomic E-state index is 0.238. The van der Waals surface area contributed by atoms with Gasteiger partial charge in [0.05, 0.1) is 13.5 Å². The normalized spacial score (nSPS) is 17.7. The van der Waals surface area contributed by atoms with Gasteiger partial charge in [-0.1, -0.05) is 18.7 Å². The molecule has 1 aromatic rings. The minimum Gasteiger partial charge on any atom is -0.493 e. The Kier molecular flexibility index (Phi) is 6.41. The van der Waals surface area contributed by atoms with Crippen LogP contribution in [0, 0.1) is 0 Å². The van der Waals surface area contributed by atoms with E-state index in [1.165, 1.54) is 0 Å². The Balaban J connectivity index is 2.26. The van der Waals surface area contributed by atoms with Crippen LogP contribution in [-0.2, 0) is 16.1 Å². The quantitative estimate of drug-likeness (QED) is 0.691. The summed E-state index contributed by atoms with van der Waals surface area (Å²) < 4.78 is 11.2. The number of benzene rings is 1. The first-order valence-electron chi connectivity index (χ1n) is 8.09. The molecule has 1 aliphatic rings. The lowest BCUT2D eigenvalue weighted by Crippen LogP contribution is -2.55. The number of methoxy groups -OCH3 is 1. The van der Waals surface area contributed by atoms with E-state index in [2.05, 4.69) is 11.9 Å². The van der Waals surface area contributed by atoms with E-state index in [-0.39, 0.29) is 12.3 Å². The van der Waals surface area contributed by atoms with E-state index < -0.39 is 12.0 Å². The fourth-order valence-electron chi connectivity index (χ4n) is 2.76. The fourth-order valence-corrected chi connectivity index (χ4v) is 2.76. The Morgan fingerprint density at radius 3 is 2.88 bits per heavy atom. The third kappa shape index (κ3) is 4.96. The summed E-state index contributed by atoms with van der Waals surface area (Å²) >= 11 is 0. The first-order chi connectivity index (χ1) is 11.9. The van der Waals surface area contributed by atoms with Crippen LogP contribution in [0.5, 0.6) is 11.5 Å². The van der Waals surface area contributed by atoms with Crippen molar-refractivity contribution in [3.05, 3.63) is 35.9 Å². The number of carboxylic acid groups (broad SMARTS) is 1. The number of piperazine rings is 1. The first kappa shape index (κ1) is 18.8. The summed E-state index contributed by atoms with van der Waals surface area (Å²) in [7, 11) is 1.56. The number of rotatable bonds is 8. The molecule has 0 aromatic heterocycles. The van der Waals surface area contributed by atoms with Crippen molar-refractivity contribution in [1.82, 2.24) is 10.2 Å². The number of carbonyl (C=O) groups excluding carboxylic acids is 1. The highest BCUT2D eigenvalue weighted by molar-refractivity contribution is 5.86. The van der Waals surface area contributed by atoms with Crippen LogP contribution in [0.25, 0.3) is 0 Å². The maximum atomic E-state index is 12.1. The second kappa shape index (κ2) is 8.53. The van der Waals surface area contributed by atoms with Gasteiger partial charge in [-0.3, -0.25) is 14.5 Å². The van der Waals surface area contributed by atoms with Crippen molar-refractivity contribution >= 4 is 11.9 Å². The van der Waals surface area contributed by atoms with Crippen molar-refractivity contribution in [3.8, 4) is 11.5 Å². The average Bonchev–Trinajstić information content (AvgIpc) is 2.56. The highest BCUT2D eigenvalue weighted by Gasteiger charge is 2.32. The SMILES string of the molecule is C=C(C)COc1c(CN2CCNC(=O)C2CC(=O)O)cccc1OC. The third-order valence-electron chi connectivity index (χ3n) is 3.93. The summed E-state index contributed by atoms with van der Waals surface area (Å²) in [5, 5.41) is 11.8. The van der Waals surface area contributed by atoms with E-state index in [1.54, 1.807) is 13.2 Å². The highest BCUT2D eigenvalue weighted by atomic mass is 16.5. The molecule has 0 bridgehead atoms. The lowest BCUT2D eigenvalue weighted by atomic mass is 10.1. The summed E-state index contributed by atoms with van der Waals surface area (Å²) in [5.74, 6) is -0.0829. The summed E-state index contributed by atoms with van der Waals surface area (Å²) in [6.45, 7) is 7.51. The van der Waals surface area contributed by atoms with E-state index in [4.69, 9.17) is 14.6 Å². The molecule has 1 unspecified atom stereocenters. The number of carboxylic acids is 1. The van der Waals surface area contributed by atoms with Gasteiger partial charge >= 0.3 is 5.97 Å².